The van der Waals surface area contributed by atoms with Gasteiger partial charge in [-0.05, 0) is 12.5 Å². The highest BCUT2D eigenvalue weighted by molar-refractivity contribution is 5.82. The van der Waals surface area contributed by atoms with Gasteiger partial charge in [0.2, 0.25) is 5.91 Å². The third-order valence-electron chi connectivity index (χ3n) is 2.28. The minimum atomic E-state index is -0.406. The number of ether oxygens (including phenoxy) is 1. The first-order chi connectivity index (χ1) is 9.47. The van der Waals surface area contributed by atoms with Crippen LogP contribution in [0.3, 0.4) is 0 Å². The average Bonchev–Trinajstić information content (AvgIpc) is 2.42. The van der Waals surface area contributed by atoms with Gasteiger partial charge in [-0.15, -0.1) is 0 Å². The molecule has 0 saturated carbocycles. The maximum atomic E-state index is 11.3. The van der Waals surface area contributed by atoms with Crippen LogP contribution < -0.4 is 0 Å². The largest absolute Gasteiger partial charge is 0.466 e. The molecule has 0 aliphatic heterocycles. The minimum absolute atomic E-state index is 0.110. The minimum Gasteiger partial charge on any atom is -0.466 e. The van der Waals surface area contributed by atoms with Crippen molar-refractivity contribution in [2.75, 3.05) is 21.2 Å². The van der Waals surface area contributed by atoms with Crippen LogP contribution in [0, 0.1) is 11.8 Å². The maximum Gasteiger partial charge on any atom is 0.330 e. The van der Waals surface area contributed by atoms with Gasteiger partial charge >= 0.3 is 5.97 Å². The highest BCUT2D eigenvalue weighted by atomic mass is 16.5. The van der Waals surface area contributed by atoms with Gasteiger partial charge in [-0.1, -0.05) is 30.6 Å². The zero-order valence-corrected chi connectivity index (χ0v) is 12.3. The Hall–Kier alpha value is -2.28. The summed E-state index contributed by atoms with van der Waals surface area (Å²) in [6, 6.07) is 0. The van der Waals surface area contributed by atoms with E-state index < -0.39 is 5.97 Å². The third-order valence-corrected chi connectivity index (χ3v) is 2.28. The quantitative estimate of drug-likeness (QED) is 0.245. The Morgan fingerprint density at radius 2 is 1.90 bits per heavy atom. The van der Waals surface area contributed by atoms with Crippen molar-refractivity contribution in [2.45, 2.75) is 19.3 Å². The molecule has 0 radical (unpaired) electrons. The lowest BCUT2D eigenvalue weighted by Gasteiger charge is -2.08. The molecule has 0 fully saturated rings. The third kappa shape index (κ3) is 9.72. The molecule has 20 heavy (non-hydrogen) atoms. The van der Waals surface area contributed by atoms with Crippen molar-refractivity contribution < 1.29 is 14.3 Å². The summed E-state index contributed by atoms with van der Waals surface area (Å²) in [6.07, 6.45) is 8.15. The first-order valence-corrected chi connectivity index (χ1v) is 6.28. The lowest BCUT2D eigenvalue weighted by Crippen LogP contribution is -2.20. The second-order valence-electron chi connectivity index (χ2n) is 4.21. The molecule has 0 rings (SSSR count). The Morgan fingerprint density at radius 3 is 2.50 bits per heavy atom. The number of carbonyl (C=O) groups excluding carboxylic acids is 2. The molecule has 0 aromatic heterocycles. The number of hydrogen-bond acceptors (Lipinski definition) is 3. The van der Waals surface area contributed by atoms with E-state index in [2.05, 4.69) is 23.2 Å². The fourth-order valence-electron chi connectivity index (χ4n) is 1.14. The van der Waals surface area contributed by atoms with Crippen LogP contribution in [0.5, 0.6) is 0 Å². The van der Waals surface area contributed by atoms with Gasteiger partial charge in [-0.2, -0.15) is 0 Å². The van der Waals surface area contributed by atoms with E-state index in [1.54, 1.807) is 37.2 Å². The zero-order chi connectivity index (χ0) is 15.4. The SMILES string of the molecule is C=C(C#CCCCC(=O)N(C)C)/C=C\C=C\C(=O)OC. The van der Waals surface area contributed by atoms with E-state index in [0.29, 0.717) is 18.4 Å². The molecule has 4 heteroatoms. The van der Waals surface area contributed by atoms with Gasteiger partial charge in [0, 0.05) is 38.6 Å². The van der Waals surface area contributed by atoms with Gasteiger partial charge < -0.3 is 9.64 Å². The van der Waals surface area contributed by atoms with Gasteiger partial charge in [0.1, 0.15) is 0 Å². The van der Waals surface area contributed by atoms with Crippen molar-refractivity contribution >= 4 is 11.9 Å². The smallest absolute Gasteiger partial charge is 0.330 e. The van der Waals surface area contributed by atoms with Gasteiger partial charge in [-0.25, -0.2) is 4.79 Å². The number of esters is 1. The summed E-state index contributed by atoms with van der Waals surface area (Å²) in [5.74, 6) is 5.54. The van der Waals surface area contributed by atoms with Gasteiger partial charge in [0.05, 0.1) is 7.11 Å². The number of carbonyl (C=O) groups is 2. The molecule has 0 aliphatic rings. The summed E-state index contributed by atoms with van der Waals surface area (Å²) >= 11 is 0. The highest BCUT2D eigenvalue weighted by Gasteiger charge is 2.01. The normalized spacial score (nSPS) is 10.2. The van der Waals surface area contributed by atoms with E-state index in [-0.39, 0.29) is 5.91 Å². The van der Waals surface area contributed by atoms with Crippen LogP contribution in [0.4, 0.5) is 0 Å². The molecular weight excluding hydrogens is 254 g/mol. The Morgan fingerprint density at radius 1 is 1.25 bits per heavy atom. The number of nitrogens with zero attached hydrogens (tertiary/aromatic N) is 1. The summed E-state index contributed by atoms with van der Waals surface area (Å²) in [7, 11) is 4.80. The van der Waals surface area contributed by atoms with Crippen molar-refractivity contribution in [1.29, 1.82) is 0 Å². The van der Waals surface area contributed by atoms with E-state index in [0.717, 1.165) is 6.42 Å². The predicted octanol–water partition coefficient (Wildman–Crippen LogP) is 2.09. The number of amides is 1. The molecule has 0 bridgehead atoms. The van der Waals surface area contributed by atoms with Crippen LogP contribution in [0.25, 0.3) is 0 Å². The van der Waals surface area contributed by atoms with E-state index in [1.165, 1.54) is 13.2 Å². The van der Waals surface area contributed by atoms with E-state index >= 15 is 0 Å². The van der Waals surface area contributed by atoms with Crippen LogP contribution in [0.15, 0.2) is 36.5 Å². The fraction of sp³-hybridized carbons (Fsp3) is 0.375. The molecule has 0 atom stereocenters. The summed E-state index contributed by atoms with van der Waals surface area (Å²) in [5, 5.41) is 0. The van der Waals surface area contributed by atoms with Gasteiger partial charge in [-0.3, -0.25) is 4.79 Å². The second kappa shape index (κ2) is 10.6. The monoisotopic (exact) mass is 275 g/mol. The van der Waals surface area contributed by atoms with E-state index in [4.69, 9.17) is 0 Å². The molecule has 0 aromatic carbocycles. The summed E-state index contributed by atoms with van der Waals surface area (Å²) < 4.78 is 4.44. The molecule has 0 heterocycles. The Labute approximate surface area is 120 Å². The van der Waals surface area contributed by atoms with Crippen LogP contribution in [0.1, 0.15) is 19.3 Å². The number of rotatable bonds is 6. The Kier molecular flexibility index (Phi) is 9.41. The average molecular weight is 275 g/mol. The molecule has 0 unspecified atom stereocenters. The zero-order valence-electron chi connectivity index (χ0n) is 12.3. The number of hydrogen-bond donors (Lipinski definition) is 0. The molecule has 0 N–H and O–H groups in total. The Bertz CT molecular complexity index is 462. The van der Waals surface area contributed by atoms with Gasteiger partial charge in [0.25, 0.3) is 0 Å². The lowest BCUT2D eigenvalue weighted by atomic mass is 10.2. The lowest BCUT2D eigenvalue weighted by molar-refractivity contribution is -0.134. The first-order valence-electron chi connectivity index (χ1n) is 6.28. The van der Waals surface area contributed by atoms with Crippen LogP contribution >= 0.6 is 0 Å². The van der Waals surface area contributed by atoms with Crippen molar-refractivity contribution in [2.24, 2.45) is 0 Å². The standard InChI is InChI=1S/C16H21NO3/c1-14(11-8-9-13-16(19)20-4)10-6-5-7-12-15(18)17(2)3/h8-9,11,13H,1,5,7,12H2,2-4H3/b11-8-,13-9+. The maximum absolute atomic E-state index is 11.3. The van der Waals surface area contributed by atoms with Crippen LogP contribution in [-0.2, 0) is 14.3 Å². The molecule has 0 aromatic rings. The molecular formula is C16H21NO3. The highest BCUT2D eigenvalue weighted by Crippen LogP contribution is 1.98. The Balaban J connectivity index is 3.96. The molecule has 108 valence electrons. The summed E-state index contributed by atoms with van der Waals surface area (Å²) in [6.45, 7) is 3.77. The van der Waals surface area contributed by atoms with Crippen molar-refractivity contribution in [3.05, 3.63) is 36.5 Å². The number of unbranched alkanes of at least 4 members (excludes halogenated alkanes) is 1. The van der Waals surface area contributed by atoms with E-state index in [9.17, 15) is 9.59 Å². The molecule has 0 saturated heterocycles. The molecule has 4 nitrogen and oxygen atoms in total. The number of methoxy groups -OCH3 is 1. The predicted molar refractivity (Wildman–Crippen MR) is 79.8 cm³/mol. The van der Waals surface area contributed by atoms with Crippen LogP contribution in [0.2, 0.25) is 0 Å². The van der Waals surface area contributed by atoms with Crippen LogP contribution in [-0.4, -0.2) is 38.0 Å². The topological polar surface area (TPSA) is 46.6 Å². The van der Waals surface area contributed by atoms with Crippen molar-refractivity contribution in [3.63, 3.8) is 0 Å². The second-order valence-corrected chi connectivity index (χ2v) is 4.21. The first kappa shape index (κ1) is 17.7. The molecule has 0 spiro atoms. The van der Waals surface area contributed by atoms with Crippen molar-refractivity contribution in [3.8, 4) is 11.8 Å². The summed E-state index contributed by atoms with van der Waals surface area (Å²) in [5.41, 5.74) is 0.651. The van der Waals surface area contributed by atoms with E-state index in [1.807, 2.05) is 0 Å². The van der Waals surface area contributed by atoms with Gasteiger partial charge in [0.15, 0.2) is 0 Å². The molecule has 1 amide bonds. The molecule has 0 aliphatic carbocycles. The fourth-order valence-corrected chi connectivity index (χ4v) is 1.14. The van der Waals surface area contributed by atoms with Crippen molar-refractivity contribution in [1.82, 2.24) is 4.90 Å². The number of allylic oxidation sites excluding steroid dienone is 4. The summed E-state index contributed by atoms with van der Waals surface area (Å²) in [4.78, 5) is 23.6.